The van der Waals surface area contributed by atoms with Crippen molar-refractivity contribution in [3.8, 4) is 0 Å². The van der Waals surface area contributed by atoms with Gasteiger partial charge in [-0.2, -0.15) is 0 Å². The van der Waals surface area contributed by atoms with Crippen LogP contribution >= 0.6 is 11.8 Å². The minimum absolute atomic E-state index is 0.163. The van der Waals surface area contributed by atoms with Crippen LogP contribution in [0, 0.1) is 0 Å². The van der Waals surface area contributed by atoms with Gasteiger partial charge in [-0.1, -0.05) is 0 Å². The number of piperidine rings is 2. The number of nitrogens with zero attached hydrogens (tertiary/aromatic N) is 2. The van der Waals surface area contributed by atoms with E-state index < -0.39 is 12.1 Å². The SMILES string of the molecule is C[C@@H](O)[C@H](N)C(=O)N1CCCC2(C1)N[C@H](C(=O)N1CCCCC1)CS2. The number of aliphatic hydroxyl groups is 1. The van der Waals surface area contributed by atoms with Gasteiger partial charge in [0.1, 0.15) is 6.04 Å². The second kappa shape index (κ2) is 7.82. The van der Waals surface area contributed by atoms with Gasteiger partial charge in [-0.25, -0.2) is 0 Å². The number of rotatable bonds is 3. The molecule has 3 heterocycles. The zero-order chi connectivity index (χ0) is 18.0. The highest BCUT2D eigenvalue weighted by Gasteiger charge is 2.46. The van der Waals surface area contributed by atoms with Gasteiger partial charge in [0.25, 0.3) is 0 Å². The first kappa shape index (κ1) is 18.9. The number of likely N-dealkylation sites (tertiary alicyclic amines) is 2. The standard InChI is InChI=1S/C17H30N4O3S/c1-12(22)14(18)16(24)21-9-5-6-17(11-21)19-13(10-25-17)15(23)20-7-3-2-4-8-20/h12-14,19,22H,2-11,18H2,1H3/t12-,13+,14+,17?/m1/s1. The molecular formula is C17H30N4O3S. The molecule has 4 N–H and O–H groups in total. The molecule has 0 radical (unpaired) electrons. The van der Waals surface area contributed by atoms with E-state index in [4.69, 9.17) is 5.73 Å². The maximum atomic E-state index is 12.8. The Balaban J connectivity index is 1.61. The van der Waals surface area contributed by atoms with E-state index in [0.717, 1.165) is 44.5 Å². The van der Waals surface area contributed by atoms with Crippen molar-refractivity contribution in [2.75, 3.05) is 31.9 Å². The Hall–Kier alpha value is -0.830. The summed E-state index contributed by atoms with van der Waals surface area (Å²) in [5.41, 5.74) is 5.82. The third-order valence-corrected chi connectivity index (χ3v) is 7.00. The number of nitrogens with two attached hydrogens (primary N) is 1. The maximum absolute atomic E-state index is 12.8. The Morgan fingerprint density at radius 2 is 1.88 bits per heavy atom. The lowest BCUT2D eigenvalue weighted by atomic mass is 10.0. The van der Waals surface area contributed by atoms with E-state index in [1.165, 1.54) is 13.3 Å². The molecule has 0 aromatic heterocycles. The first-order valence-electron chi connectivity index (χ1n) is 9.35. The van der Waals surface area contributed by atoms with Crippen LogP contribution in [-0.4, -0.2) is 81.7 Å². The summed E-state index contributed by atoms with van der Waals surface area (Å²) in [4.78, 5) is 28.7. The van der Waals surface area contributed by atoms with Crippen LogP contribution in [0.3, 0.4) is 0 Å². The summed E-state index contributed by atoms with van der Waals surface area (Å²) in [5, 5.41) is 13.1. The quantitative estimate of drug-likeness (QED) is 0.633. The molecule has 142 valence electrons. The normalized spacial score (nSPS) is 32.7. The number of carbonyl (C=O) groups excluding carboxylic acids is 2. The minimum Gasteiger partial charge on any atom is -0.391 e. The zero-order valence-electron chi connectivity index (χ0n) is 14.9. The highest BCUT2D eigenvalue weighted by Crippen LogP contribution is 2.38. The van der Waals surface area contributed by atoms with Crippen LogP contribution in [0.15, 0.2) is 0 Å². The van der Waals surface area contributed by atoms with Crippen molar-refractivity contribution in [3.05, 3.63) is 0 Å². The molecule has 25 heavy (non-hydrogen) atoms. The fraction of sp³-hybridized carbons (Fsp3) is 0.882. The molecular weight excluding hydrogens is 340 g/mol. The molecule has 0 saturated carbocycles. The average molecular weight is 371 g/mol. The Morgan fingerprint density at radius 3 is 2.56 bits per heavy atom. The number of nitrogens with one attached hydrogen (secondary N) is 1. The van der Waals surface area contributed by atoms with Crippen molar-refractivity contribution >= 4 is 23.6 Å². The molecule has 2 amide bonds. The predicted molar refractivity (Wildman–Crippen MR) is 98.0 cm³/mol. The topological polar surface area (TPSA) is 98.9 Å². The molecule has 0 aromatic carbocycles. The predicted octanol–water partition coefficient (Wildman–Crippen LogP) is -0.269. The van der Waals surface area contributed by atoms with Crippen LogP contribution in [0.1, 0.15) is 39.0 Å². The number of aliphatic hydroxyl groups excluding tert-OH is 1. The molecule has 4 atom stereocenters. The van der Waals surface area contributed by atoms with E-state index in [1.807, 2.05) is 4.90 Å². The van der Waals surface area contributed by atoms with Gasteiger partial charge in [0.2, 0.25) is 11.8 Å². The van der Waals surface area contributed by atoms with Gasteiger partial charge in [0.05, 0.1) is 17.0 Å². The third kappa shape index (κ3) is 4.13. The number of hydrogen-bond donors (Lipinski definition) is 3. The van der Waals surface area contributed by atoms with Crippen molar-refractivity contribution in [2.24, 2.45) is 5.73 Å². The van der Waals surface area contributed by atoms with Gasteiger partial charge in [0, 0.05) is 31.9 Å². The Kier molecular flexibility index (Phi) is 5.92. The van der Waals surface area contributed by atoms with Crippen LogP contribution in [0.25, 0.3) is 0 Å². The molecule has 3 saturated heterocycles. The molecule has 3 fully saturated rings. The lowest BCUT2D eigenvalue weighted by Crippen LogP contribution is -2.60. The second-order valence-electron chi connectivity index (χ2n) is 7.52. The van der Waals surface area contributed by atoms with Crippen molar-refractivity contribution < 1.29 is 14.7 Å². The van der Waals surface area contributed by atoms with Crippen LogP contribution in [0.4, 0.5) is 0 Å². The van der Waals surface area contributed by atoms with Crippen molar-refractivity contribution in [1.29, 1.82) is 0 Å². The second-order valence-corrected chi connectivity index (χ2v) is 8.92. The fourth-order valence-corrected chi connectivity index (χ4v) is 5.45. The van der Waals surface area contributed by atoms with E-state index in [0.29, 0.717) is 13.1 Å². The summed E-state index contributed by atoms with van der Waals surface area (Å²) in [7, 11) is 0. The van der Waals surface area contributed by atoms with Crippen LogP contribution in [-0.2, 0) is 9.59 Å². The molecule has 1 unspecified atom stereocenters. The van der Waals surface area contributed by atoms with Crippen molar-refractivity contribution in [3.63, 3.8) is 0 Å². The van der Waals surface area contributed by atoms with Gasteiger partial charge >= 0.3 is 0 Å². The summed E-state index contributed by atoms with van der Waals surface area (Å²) in [6.07, 6.45) is 4.36. The van der Waals surface area contributed by atoms with Crippen LogP contribution < -0.4 is 11.1 Å². The summed E-state index contributed by atoms with van der Waals surface area (Å²) in [6.45, 7) is 4.47. The lowest BCUT2D eigenvalue weighted by Gasteiger charge is -2.41. The maximum Gasteiger partial charge on any atom is 0.242 e. The summed E-state index contributed by atoms with van der Waals surface area (Å²) >= 11 is 1.75. The molecule has 3 aliphatic heterocycles. The van der Waals surface area contributed by atoms with Gasteiger partial charge in [0.15, 0.2) is 0 Å². The molecule has 0 bridgehead atoms. The van der Waals surface area contributed by atoms with E-state index in [9.17, 15) is 14.7 Å². The zero-order valence-corrected chi connectivity index (χ0v) is 15.8. The van der Waals surface area contributed by atoms with Gasteiger partial charge < -0.3 is 20.6 Å². The first-order chi connectivity index (χ1) is 11.9. The fourth-order valence-electron chi connectivity index (χ4n) is 3.97. The van der Waals surface area contributed by atoms with E-state index in [1.54, 1.807) is 16.7 Å². The highest BCUT2D eigenvalue weighted by atomic mass is 32.2. The van der Waals surface area contributed by atoms with Crippen molar-refractivity contribution in [1.82, 2.24) is 15.1 Å². The molecule has 0 aromatic rings. The summed E-state index contributed by atoms with van der Waals surface area (Å²) in [6, 6.07) is -1.05. The van der Waals surface area contributed by atoms with E-state index >= 15 is 0 Å². The minimum atomic E-state index is -0.882. The molecule has 8 heteroatoms. The van der Waals surface area contributed by atoms with Gasteiger partial charge in [-0.15, -0.1) is 11.8 Å². The number of amides is 2. The summed E-state index contributed by atoms with van der Waals surface area (Å²) in [5.74, 6) is 0.746. The average Bonchev–Trinajstić information content (AvgIpc) is 3.03. The van der Waals surface area contributed by atoms with E-state index in [-0.39, 0.29) is 22.7 Å². The van der Waals surface area contributed by atoms with Crippen molar-refractivity contribution in [2.45, 2.75) is 62.1 Å². The number of hydrogen-bond acceptors (Lipinski definition) is 6. The molecule has 7 nitrogen and oxygen atoms in total. The Labute approximate surface area is 153 Å². The molecule has 0 aliphatic carbocycles. The lowest BCUT2D eigenvalue weighted by molar-refractivity contribution is -0.136. The number of thioether (sulfide) groups is 1. The monoisotopic (exact) mass is 370 g/mol. The van der Waals surface area contributed by atoms with Crippen LogP contribution in [0.5, 0.6) is 0 Å². The molecule has 3 rings (SSSR count). The largest absolute Gasteiger partial charge is 0.391 e. The first-order valence-corrected chi connectivity index (χ1v) is 10.3. The molecule has 1 spiro atoms. The molecule has 3 aliphatic rings. The smallest absolute Gasteiger partial charge is 0.242 e. The van der Waals surface area contributed by atoms with Gasteiger partial charge in [-0.3, -0.25) is 14.9 Å². The van der Waals surface area contributed by atoms with E-state index in [2.05, 4.69) is 5.32 Å². The van der Waals surface area contributed by atoms with Gasteiger partial charge in [-0.05, 0) is 39.0 Å². The Morgan fingerprint density at radius 1 is 1.20 bits per heavy atom. The van der Waals surface area contributed by atoms with Crippen LogP contribution in [0.2, 0.25) is 0 Å². The third-order valence-electron chi connectivity index (χ3n) is 5.50. The highest BCUT2D eigenvalue weighted by molar-refractivity contribution is 8.01. The summed E-state index contributed by atoms with van der Waals surface area (Å²) < 4.78 is 0. The number of carbonyl (C=O) groups is 2. The Bertz CT molecular complexity index is 512.